The van der Waals surface area contributed by atoms with Crippen molar-refractivity contribution in [3.8, 4) is 11.8 Å². The van der Waals surface area contributed by atoms with E-state index in [2.05, 4.69) is 28.0 Å². The summed E-state index contributed by atoms with van der Waals surface area (Å²) >= 11 is 12.9. The van der Waals surface area contributed by atoms with Gasteiger partial charge in [0, 0.05) is 37.3 Å². The molecule has 4 rings (SSSR count). The molecule has 0 aliphatic carbocycles. The Morgan fingerprint density at radius 2 is 1.80 bits per heavy atom. The highest BCUT2D eigenvalue weighted by molar-refractivity contribution is 6.33. The average molecular weight is 510 g/mol. The van der Waals surface area contributed by atoms with E-state index < -0.39 is 6.10 Å². The second-order valence-electron chi connectivity index (χ2n) is 8.89. The number of hydrogen-bond donors (Lipinski definition) is 1. The van der Waals surface area contributed by atoms with Gasteiger partial charge in [0.25, 0.3) is 0 Å². The van der Waals surface area contributed by atoms with E-state index in [0.717, 1.165) is 38.3 Å². The molecule has 0 unspecified atom stereocenters. The zero-order chi connectivity index (χ0) is 24.8. The Balaban J connectivity index is 1.51. The SMILES string of the molecule is C[C@@H](O)COc1ccc(N2CCN(CCc3ccc(C#N)cc3)C[C@H]2c2ccc(Cl)cc2)c(Cl)c1. The van der Waals surface area contributed by atoms with Crippen LogP contribution >= 0.6 is 23.2 Å². The number of rotatable bonds is 8. The van der Waals surface area contributed by atoms with Crippen molar-refractivity contribution < 1.29 is 9.84 Å². The number of ether oxygens (including phenoxy) is 1. The number of halogens is 2. The summed E-state index contributed by atoms with van der Waals surface area (Å²) < 4.78 is 5.63. The molecule has 1 N–H and O–H groups in total. The van der Waals surface area contributed by atoms with Crippen LogP contribution in [0.25, 0.3) is 0 Å². The lowest BCUT2D eigenvalue weighted by Gasteiger charge is -2.43. The van der Waals surface area contributed by atoms with Crippen LogP contribution in [0.2, 0.25) is 10.0 Å². The molecule has 2 atom stereocenters. The molecule has 182 valence electrons. The summed E-state index contributed by atoms with van der Waals surface area (Å²) in [6, 6.07) is 23.8. The van der Waals surface area contributed by atoms with Gasteiger partial charge in [-0.2, -0.15) is 5.26 Å². The molecule has 0 spiro atoms. The molecule has 5 nitrogen and oxygen atoms in total. The fraction of sp³-hybridized carbons (Fsp3) is 0.321. The van der Waals surface area contributed by atoms with Gasteiger partial charge in [-0.1, -0.05) is 47.5 Å². The zero-order valence-electron chi connectivity index (χ0n) is 19.7. The first kappa shape index (κ1) is 25.3. The van der Waals surface area contributed by atoms with Crippen molar-refractivity contribution in [2.24, 2.45) is 0 Å². The summed E-state index contributed by atoms with van der Waals surface area (Å²) in [5, 5.41) is 19.9. The van der Waals surface area contributed by atoms with Gasteiger partial charge in [0.05, 0.1) is 34.5 Å². The van der Waals surface area contributed by atoms with E-state index in [4.69, 9.17) is 33.2 Å². The highest BCUT2D eigenvalue weighted by atomic mass is 35.5. The number of anilines is 1. The predicted octanol–water partition coefficient (Wildman–Crippen LogP) is 5.73. The van der Waals surface area contributed by atoms with E-state index in [-0.39, 0.29) is 12.6 Å². The van der Waals surface area contributed by atoms with Gasteiger partial charge in [0.2, 0.25) is 0 Å². The number of piperazine rings is 1. The number of nitriles is 1. The summed E-state index contributed by atoms with van der Waals surface area (Å²) in [7, 11) is 0. The monoisotopic (exact) mass is 509 g/mol. The van der Waals surface area contributed by atoms with Crippen molar-refractivity contribution in [1.82, 2.24) is 4.90 Å². The molecule has 3 aromatic rings. The Hall–Kier alpha value is -2.75. The molecule has 7 heteroatoms. The van der Waals surface area contributed by atoms with Crippen LogP contribution in [0.5, 0.6) is 5.75 Å². The van der Waals surface area contributed by atoms with Gasteiger partial charge < -0.3 is 14.7 Å². The number of benzene rings is 3. The van der Waals surface area contributed by atoms with Crippen LogP contribution in [0, 0.1) is 11.3 Å². The van der Waals surface area contributed by atoms with E-state index in [1.807, 2.05) is 54.6 Å². The molecule has 0 aromatic heterocycles. The van der Waals surface area contributed by atoms with Crippen LogP contribution in [0.1, 0.15) is 29.7 Å². The number of hydrogen-bond acceptors (Lipinski definition) is 5. The molecule has 0 bridgehead atoms. The van der Waals surface area contributed by atoms with Crippen LogP contribution in [-0.2, 0) is 6.42 Å². The first-order valence-electron chi connectivity index (χ1n) is 11.8. The molecule has 1 aliphatic heterocycles. The topological polar surface area (TPSA) is 59.7 Å². The predicted molar refractivity (Wildman–Crippen MR) is 141 cm³/mol. The van der Waals surface area contributed by atoms with Crippen LogP contribution < -0.4 is 9.64 Å². The molecule has 0 radical (unpaired) electrons. The maximum absolute atomic E-state index is 9.49. The molecule has 0 amide bonds. The lowest BCUT2D eigenvalue weighted by Crippen LogP contribution is -2.49. The summed E-state index contributed by atoms with van der Waals surface area (Å²) in [4.78, 5) is 4.82. The molecule has 0 saturated carbocycles. The Bertz CT molecular complexity index is 1160. The second-order valence-corrected chi connectivity index (χ2v) is 9.74. The van der Waals surface area contributed by atoms with Gasteiger partial charge in [0.15, 0.2) is 0 Å². The number of aliphatic hydroxyl groups is 1. The first-order chi connectivity index (χ1) is 16.9. The Morgan fingerprint density at radius 3 is 2.46 bits per heavy atom. The minimum absolute atomic E-state index is 0.115. The minimum Gasteiger partial charge on any atom is -0.491 e. The molecule has 35 heavy (non-hydrogen) atoms. The van der Waals surface area contributed by atoms with E-state index >= 15 is 0 Å². The van der Waals surface area contributed by atoms with E-state index in [1.165, 1.54) is 11.1 Å². The standard InChI is InChI=1S/C28H29Cl2N3O2/c1-20(34)19-35-25-10-11-27(26(30)16-25)33-15-14-32(13-12-21-2-4-22(17-31)5-3-21)18-28(33)23-6-8-24(29)9-7-23/h2-11,16,20,28,34H,12-15,18-19H2,1H3/t20-,28+/m1/s1. The van der Waals surface area contributed by atoms with Gasteiger partial charge in [-0.3, -0.25) is 4.90 Å². The summed E-state index contributed by atoms with van der Waals surface area (Å²) in [5.74, 6) is 0.642. The summed E-state index contributed by atoms with van der Waals surface area (Å²) in [6.45, 7) is 5.44. The van der Waals surface area contributed by atoms with Crippen LogP contribution in [0.4, 0.5) is 5.69 Å². The van der Waals surface area contributed by atoms with E-state index in [9.17, 15) is 5.11 Å². The van der Waals surface area contributed by atoms with Crippen LogP contribution in [0.15, 0.2) is 66.7 Å². The fourth-order valence-electron chi connectivity index (χ4n) is 4.36. The van der Waals surface area contributed by atoms with Gasteiger partial charge in [0.1, 0.15) is 12.4 Å². The van der Waals surface area contributed by atoms with Crippen LogP contribution in [-0.4, -0.2) is 48.9 Å². The highest BCUT2D eigenvalue weighted by Crippen LogP contribution is 2.37. The molecular weight excluding hydrogens is 481 g/mol. The third kappa shape index (κ3) is 6.68. The normalized spacial score (nSPS) is 17.1. The van der Waals surface area contributed by atoms with Crippen LogP contribution in [0.3, 0.4) is 0 Å². The van der Waals surface area contributed by atoms with E-state index in [0.29, 0.717) is 21.4 Å². The van der Waals surface area contributed by atoms with Gasteiger partial charge in [-0.15, -0.1) is 0 Å². The first-order valence-corrected chi connectivity index (χ1v) is 12.5. The maximum atomic E-state index is 9.49. The van der Waals surface area contributed by atoms with Crippen molar-refractivity contribution >= 4 is 28.9 Å². The summed E-state index contributed by atoms with van der Waals surface area (Å²) in [6.07, 6.45) is 0.384. The Kier molecular flexibility index (Phi) is 8.54. The maximum Gasteiger partial charge on any atom is 0.121 e. The van der Waals surface area contributed by atoms with Crippen molar-refractivity contribution in [2.45, 2.75) is 25.5 Å². The lowest BCUT2D eigenvalue weighted by molar-refractivity contribution is 0.123. The van der Waals surface area contributed by atoms with Crippen molar-refractivity contribution in [3.05, 3.63) is 93.5 Å². The molecule has 1 heterocycles. The van der Waals surface area contributed by atoms with E-state index in [1.54, 1.807) is 6.92 Å². The molecular formula is C28H29Cl2N3O2. The lowest BCUT2D eigenvalue weighted by atomic mass is 10.0. The molecule has 1 aliphatic rings. The van der Waals surface area contributed by atoms with Gasteiger partial charge in [-0.05, 0) is 60.9 Å². The zero-order valence-corrected chi connectivity index (χ0v) is 21.2. The number of aliphatic hydroxyl groups excluding tert-OH is 1. The Morgan fingerprint density at radius 1 is 1.06 bits per heavy atom. The smallest absolute Gasteiger partial charge is 0.121 e. The molecule has 1 saturated heterocycles. The minimum atomic E-state index is -0.542. The quantitative estimate of drug-likeness (QED) is 0.420. The van der Waals surface area contributed by atoms with Crippen molar-refractivity contribution in [3.63, 3.8) is 0 Å². The Labute approximate surface area is 217 Å². The third-order valence-electron chi connectivity index (χ3n) is 6.24. The molecule has 1 fully saturated rings. The fourth-order valence-corrected chi connectivity index (χ4v) is 4.77. The average Bonchev–Trinajstić information content (AvgIpc) is 2.87. The third-order valence-corrected chi connectivity index (χ3v) is 6.79. The number of nitrogens with zero attached hydrogens (tertiary/aromatic N) is 3. The summed E-state index contributed by atoms with van der Waals surface area (Å²) in [5.41, 5.74) is 4.06. The highest BCUT2D eigenvalue weighted by Gasteiger charge is 2.29. The largest absolute Gasteiger partial charge is 0.491 e. The van der Waals surface area contributed by atoms with Gasteiger partial charge >= 0.3 is 0 Å². The second kappa shape index (κ2) is 11.8. The molecule has 3 aromatic carbocycles. The van der Waals surface area contributed by atoms with Crippen molar-refractivity contribution in [2.75, 3.05) is 37.7 Å². The van der Waals surface area contributed by atoms with Gasteiger partial charge in [-0.25, -0.2) is 0 Å². The van der Waals surface area contributed by atoms with Crippen molar-refractivity contribution in [1.29, 1.82) is 5.26 Å².